The van der Waals surface area contributed by atoms with E-state index in [1.54, 1.807) is 5.38 Å². The summed E-state index contributed by atoms with van der Waals surface area (Å²) < 4.78 is 5.36. The molecule has 4 heteroatoms. The number of aromatic nitrogens is 1. The van der Waals surface area contributed by atoms with Gasteiger partial charge < -0.3 is 4.74 Å². The van der Waals surface area contributed by atoms with Crippen LogP contribution < -0.4 is 4.74 Å². The van der Waals surface area contributed by atoms with Gasteiger partial charge in [0.1, 0.15) is 5.15 Å². The van der Waals surface area contributed by atoms with E-state index < -0.39 is 0 Å². The molecule has 1 aromatic rings. The number of nitrogens with zero attached hydrogens (tertiary/aromatic N) is 1. The molecule has 0 unspecified atom stereocenters. The van der Waals surface area contributed by atoms with Crippen LogP contribution in [0.15, 0.2) is 5.38 Å². The van der Waals surface area contributed by atoms with E-state index in [9.17, 15) is 0 Å². The molecule has 0 spiro atoms. The molecule has 1 heterocycles. The molecule has 0 aliphatic heterocycles. The lowest BCUT2D eigenvalue weighted by atomic mass is 10.1. The number of hydrogen-bond acceptors (Lipinski definition) is 3. The van der Waals surface area contributed by atoms with Crippen LogP contribution in [0.1, 0.15) is 20.3 Å². The summed E-state index contributed by atoms with van der Waals surface area (Å²) in [5.41, 5.74) is 0. The first-order chi connectivity index (χ1) is 5.68. The average Bonchev–Trinajstić information content (AvgIpc) is 2.35. The van der Waals surface area contributed by atoms with Crippen LogP contribution in [0.3, 0.4) is 0 Å². The maximum atomic E-state index is 5.62. The molecule has 68 valence electrons. The van der Waals surface area contributed by atoms with Gasteiger partial charge in [0.15, 0.2) is 0 Å². The molecule has 0 saturated carbocycles. The largest absolute Gasteiger partial charge is 0.470 e. The third-order valence-electron chi connectivity index (χ3n) is 1.38. The molecule has 0 fully saturated rings. The van der Waals surface area contributed by atoms with E-state index in [-0.39, 0.29) is 0 Å². The number of halogens is 1. The molecule has 0 saturated heterocycles. The van der Waals surface area contributed by atoms with Crippen molar-refractivity contribution >= 4 is 22.9 Å². The summed E-state index contributed by atoms with van der Waals surface area (Å²) in [7, 11) is 0. The van der Waals surface area contributed by atoms with Gasteiger partial charge in [-0.1, -0.05) is 36.8 Å². The van der Waals surface area contributed by atoms with E-state index in [0.29, 0.717) is 16.3 Å². The van der Waals surface area contributed by atoms with Crippen LogP contribution in [0, 0.1) is 5.92 Å². The maximum absolute atomic E-state index is 5.62. The van der Waals surface area contributed by atoms with Gasteiger partial charge in [0, 0.05) is 5.38 Å². The van der Waals surface area contributed by atoms with Crippen molar-refractivity contribution in [1.29, 1.82) is 0 Å². The molecule has 0 atom stereocenters. The van der Waals surface area contributed by atoms with E-state index >= 15 is 0 Å². The molecule has 0 aliphatic rings. The quantitative estimate of drug-likeness (QED) is 0.753. The second-order valence-corrected chi connectivity index (χ2v) is 4.18. The van der Waals surface area contributed by atoms with Crippen LogP contribution in [0.2, 0.25) is 5.15 Å². The third kappa shape index (κ3) is 3.41. The summed E-state index contributed by atoms with van der Waals surface area (Å²) >= 11 is 7.06. The van der Waals surface area contributed by atoms with Gasteiger partial charge in [0.05, 0.1) is 6.61 Å². The minimum Gasteiger partial charge on any atom is -0.470 e. The fourth-order valence-electron chi connectivity index (χ4n) is 0.687. The van der Waals surface area contributed by atoms with Crippen LogP contribution >= 0.6 is 22.9 Å². The molecular formula is C8H12ClNOS. The molecule has 0 aliphatic carbocycles. The molecule has 0 radical (unpaired) electrons. The van der Waals surface area contributed by atoms with Gasteiger partial charge in [0.2, 0.25) is 0 Å². The Labute approximate surface area is 81.5 Å². The van der Waals surface area contributed by atoms with Crippen molar-refractivity contribution in [3.63, 3.8) is 0 Å². The second-order valence-electron chi connectivity index (χ2n) is 2.97. The minimum atomic E-state index is 0.513. The van der Waals surface area contributed by atoms with Crippen LogP contribution in [0.5, 0.6) is 5.19 Å². The molecule has 0 bridgehead atoms. The van der Waals surface area contributed by atoms with E-state index in [0.717, 1.165) is 13.0 Å². The van der Waals surface area contributed by atoms with E-state index in [1.165, 1.54) is 11.3 Å². The lowest BCUT2D eigenvalue weighted by molar-refractivity contribution is 0.288. The third-order valence-corrected chi connectivity index (χ3v) is 2.45. The average molecular weight is 206 g/mol. The lowest BCUT2D eigenvalue weighted by Gasteiger charge is -2.03. The Kier molecular flexibility index (Phi) is 3.82. The fourth-order valence-corrected chi connectivity index (χ4v) is 1.50. The Hall–Kier alpha value is -0.280. The van der Waals surface area contributed by atoms with Crippen molar-refractivity contribution in [3.05, 3.63) is 10.5 Å². The first-order valence-electron chi connectivity index (χ1n) is 3.92. The molecule has 0 aromatic carbocycles. The molecule has 1 aromatic heterocycles. The standard InChI is InChI=1S/C8H12ClNOS/c1-6(2)3-4-11-8-10-7(9)5-12-8/h5-6H,3-4H2,1-2H3. The maximum Gasteiger partial charge on any atom is 0.274 e. The SMILES string of the molecule is CC(C)CCOc1nc(Cl)cs1. The molecular weight excluding hydrogens is 194 g/mol. The van der Waals surface area contributed by atoms with Crippen molar-refractivity contribution in [2.75, 3.05) is 6.61 Å². The van der Waals surface area contributed by atoms with Gasteiger partial charge in [-0.3, -0.25) is 0 Å². The number of thiazole rings is 1. The highest BCUT2D eigenvalue weighted by Crippen LogP contribution is 2.21. The molecule has 2 nitrogen and oxygen atoms in total. The number of hydrogen-bond donors (Lipinski definition) is 0. The van der Waals surface area contributed by atoms with Gasteiger partial charge in [0.25, 0.3) is 5.19 Å². The molecule has 1 rings (SSSR count). The Morgan fingerprint density at radius 3 is 2.92 bits per heavy atom. The Morgan fingerprint density at radius 2 is 2.42 bits per heavy atom. The van der Waals surface area contributed by atoms with Crippen LogP contribution in [-0.4, -0.2) is 11.6 Å². The Bertz CT molecular complexity index is 237. The summed E-state index contributed by atoms with van der Waals surface area (Å²) in [6, 6.07) is 0. The zero-order chi connectivity index (χ0) is 8.97. The van der Waals surface area contributed by atoms with Gasteiger partial charge in [-0.15, -0.1) is 0 Å². The van der Waals surface area contributed by atoms with Crippen molar-refractivity contribution in [1.82, 2.24) is 4.98 Å². The lowest BCUT2D eigenvalue weighted by Crippen LogP contribution is -2.00. The van der Waals surface area contributed by atoms with Crippen molar-refractivity contribution in [2.24, 2.45) is 5.92 Å². The van der Waals surface area contributed by atoms with E-state index in [2.05, 4.69) is 18.8 Å². The number of rotatable bonds is 4. The normalized spacial score (nSPS) is 10.7. The topological polar surface area (TPSA) is 22.1 Å². The van der Waals surface area contributed by atoms with Gasteiger partial charge in [-0.25, -0.2) is 0 Å². The van der Waals surface area contributed by atoms with Gasteiger partial charge in [-0.05, 0) is 12.3 Å². The smallest absolute Gasteiger partial charge is 0.274 e. The van der Waals surface area contributed by atoms with Gasteiger partial charge in [-0.2, -0.15) is 4.98 Å². The molecule has 0 amide bonds. The second kappa shape index (κ2) is 4.67. The summed E-state index contributed by atoms with van der Waals surface area (Å²) in [5.74, 6) is 0.667. The summed E-state index contributed by atoms with van der Waals surface area (Å²) in [6.07, 6.45) is 1.05. The number of ether oxygens (including phenoxy) is 1. The highest BCUT2D eigenvalue weighted by molar-refractivity contribution is 7.11. The van der Waals surface area contributed by atoms with Gasteiger partial charge >= 0.3 is 0 Å². The summed E-state index contributed by atoms with van der Waals surface area (Å²) in [6.45, 7) is 5.05. The first-order valence-corrected chi connectivity index (χ1v) is 5.18. The predicted octanol–water partition coefficient (Wildman–Crippen LogP) is 3.22. The zero-order valence-electron chi connectivity index (χ0n) is 7.21. The van der Waals surface area contributed by atoms with Crippen LogP contribution in [-0.2, 0) is 0 Å². The predicted molar refractivity (Wildman–Crippen MR) is 52.1 cm³/mol. The van der Waals surface area contributed by atoms with Crippen LogP contribution in [0.25, 0.3) is 0 Å². The highest BCUT2D eigenvalue weighted by Gasteiger charge is 2.00. The minimum absolute atomic E-state index is 0.513. The highest BCUT2D eigenvalue weighted by atomic mass is 35.5. The van der Waals surface area contributed by atoms with E-state index in [1.807, 2.05) is 0 Å². The summed E-state index contributed by atoms with van der Waals surface area (Å²) in [5, 5.41) is 2.95. The Balaban J connectivity index is 2.24. The van der Waals surface area contributed by atoms with Crippen molar-refractivity contribution in [2.45, 2.75) is 20.3 Å². The monoisotopic (exact) mass is 205 g/mol. The fraction of sp³-hybridized carbons (Fsp3) is 0.625. The summed E-state index contributed by atoms with van der Waals surface area (Å²) in [4.78, 5) is 3.97. The van der Waals surface area contributed by atoms with Crippen molar-refractivity contribution < 1.29 is 4.74 Å². The van der Waals surface area contributed by atoms with E-state index in [4.69, 9.17) is 16.3 Å². The Morgan fingerprint density at radius 1 is 1.67 bits per heavy atom. The molecule has 12 heavy (non-hydrogen) atoms. The van der Waals surface area contributed by atoms with Crippen LogP contribution in [0.4, 0.5) is 0 Å². The van der Waals surface area contributed by atoms with Crippen molar-refractivity contribution in [3.8, 4) is 5.19 Å². The first kappa shape index (κ1) is 9.81. The molecule has 0 N–H and O–H groups in total. The zero-order valence-corrected chi connectivity index (χ0v) is 8.78.